The van der Waals surface area contributed by atoms with Crippen LogP contribution in [0.25, 0.3) is 0 Å². The molecule has 1 heterocycles. The highest BCUT2D eigenvalue weighted by Gasteiger charge is 2.15. The molecule has 2 aromatic rings. The summed E-state index contributed by atoms with van der Waals surface area (Å²) in [6.45, 7) is 5.96. The van der Waals surface area contributed by atoms with Gasteiger partial charge in [-0.2, -0.15) is 5.10 Å². The van der Waals surface area contributed by atoms with Crippen molar-refractivity contribution in [3.05, 3.63) is 48.0 Å². The van der Waals surface area contributed by atoms with E-state index in [9.17, 15) is 4.39 Å². The van der Waals surface area contributed by atoms with E-state index in [1.54, 1.807) is 11.8 Å². The van der Waals surface area contributed by atoms with Crippen molar-refractivity contribution in [2.45, 2.75) is 31.3 Å². The molecule has 0 aliphatic carbocycles. The SMILES string of the molecule is CCNC(CSc1ccc(F)cc1)c1ccnn1CC. The number of hydrogen-bond acceptors (Lipinski definition) is 3. The molecular formula is C15H20FN3S. The van der Waals surface area contributed by atoms with Gasteiger partial charge in [-0.15, -0.1) is 11.8 Å². The number of nitrogens with one attached hydrogen (secondary N) is 1. The summed E-state index contributed by atoms with van der Waals surface area (Å²) in [7, 11) is 0. The maximum atomic E-state index is 12.9. The second-order valence-electron chi connectivity index (χ2n) is 4.45. The van der Waals surface area contributed by atoms with Gasteiger partial charge in [0.05, 0.1) is 11.7 Å². The van der Waals surface area contributed by atoms with Crippen LogP contribution in [0.15, 0.2) is 41.4 Å². The lowest BCUT2D eigenvalue weighted by Crippen LogP contribution is -2.25. The Hall–Kier alpha value is -1.33. The number of aromatic nitrogens is 2. The molecule has 3 nitrogen and oxygen atoms in total. The molecule has 0 bridgehead atoms. The summed E-state index contributed by atoms with van der Waals surface area (Å²) in [6, 6.07) is 8.95. The van der Waals surface area contributed by atoms with Gasteiger partial charge in [0.25, 0.3) is 0 Å². The summed E-state index contributed by atoms with van der Waals surface area (Å²) in [5.41, 5.74) is 1.20. The summed E-state index contributed by atoms with van der Waals surface area (Å²) in [4.78, 5) is 1.08. The number of thioether (sulfide) groups is 1. The number of hydrogen-bond donors (Lipinski definition) is 1. The lowest BCUT2D eigenvalue weighted by Gasteiger charge is -2.18. The Morgan fingerprint density at radius 3 is 2.65 bits per heavy atom. The molecule has 0 fully saturated rings. The monoisotopic (exact) mass is 293 g/mol. The maximum absolute atomic E-state index is 12.9. The van der Waals surface area contributed by atoms with Crippen molar-refractivity contribution in [2.75, 3.05) is 12.3 Å². The number of rotatable bonds is 7. The van der Waals surface area contributed by atoms with Crippen LogP contribution < -0.4 is 5.32 Å². The van der Waals surface area contributed by atoms with Crippen molar-refractivity contribution in [1.29, 1.82) is 0 Å². The minimum atomic E-state index is -0.193. The van der Waals surface area contributed by atoms with E-state index in [0.717, 1.165) is 23.7 Å². The Balaban J connectivity index is 2.04. The summed E-state index contributed by atoms with van der Waals surface area (Å²) in [6.07, 6.45) is 1.84. The third-order valence-corrected chi connectivity index (χ3v) is 4.19. The predicted molar refractivity (Wildman–Crippen MR) is 81.4 cm³/mol. The fraction of sp³-hybridized carbons (Fsp3) is 0.400. The molecule has 0 saturated heterocycles. The van der Waals surface area contributed by atoms with Crippen LogP contribution in [0.3, 0.4) is 0 Å². The van der Waals surface area contributed by atoms with Gasteiger partial charge in [0, 0.05) is 23.4 Å². The first kappa shape index (κ1) is 15.1. The molecule has 108 valence electrons. The zero-order valence-electron chi connectivity index (χ0n) is 11.8. The molecule has 1 atom stereocenters. The minimum Gasteiger partial charge on any atom is -0.308 e. The Morgan fingerprint density at radius 1 is 1.25 bits per heavy atom. The van der Waals surface area contributed by atoms with Crippen molar-refractivity contribution in [2.24, 2.45) is 0 Å². The Bertz CT molecular complexity index is 524. The van der Waals surface area contributed by atoms with Gasteiger partial charge in [-0.1, -0.05) is 6.92 Å². The van der Waals surface area contributed by atoms with Crippen molar-refractivity contribution in [3.8, 4) is 0 Å². The summed E-state index contributed by atoms with van der Waals surface area (Å²) >= 11 is 1.72. The highest BCUT2D eigenvalue weighted by Crippen LogP contribution is 2.25. The second-order valence-corrected chi connectivity index (χ2v) is 5.54. The van der Waals surface area contributed by atoms with E-state index in [-0.39, 0.29) is 11.9 Å². The molecule has 0 saturated carbocycles. The van der Waals surface area contributed by atoms with Gasteiger partial charge in [-0.25, -0.2) is 4.39 Å². The van der Waals surface area contributed by atoms with Crippen molar-refractivity contribution in [3.63, 3.8) is 0 Å². The standard InChI is InChI=1S/C15H20FN3S/c1-3-17-14(15-9-10-18-19(15)4-2)11-20-13-7-5-12(16)6-8-13/h5-10,14,17H,3-4,11H2,1-2H3. The van der Waals surface area contributed by atoms with Crippen LogP contribution in [-0.2, 0) is 6.54 Å². The zero-order valence-corrected chi connectivity index (χ0v) is 12.7. The van der Waals surface area contributed by atoms with Gasteiger partial charge in [-0.05, 0) is 43.8 Å². The molecule has 1 N–H and O–H groups in total. The maximum Gasteiger partial charge on any atom is 0.123 e. The topological polar surface area (TPSA) is 29.9 Å². The van der Waals surface area contributed by atoms with Crippen LogP contribution >= 0.6 is 11.8 Å². The molecule has 1 unspecified atom stereocenters. The average Bonchev–Trinajstić information content (AvgIpc) is 2.93. The van der Waals surface area contributed by atoms with E-state index in [1.807, 2.05) is 23.0 Å². The molecule has 0 amide bonds. The summed E-state index contributed by atoms with van der Waals surface area (Å²) < 4.78 is 14.9. The van der Waals surface area contributed by atoms with Crippen LogP contribution in [0.1, 0.15) is 25.6 Å². The fourth-order valence-electron chi connectivity index (χ4n) is 2.11. The number of benzene rings is 1. The molecule has 1 aromatic heterocycles. The van der Waals surface area contributed by atoms with Crippen molar-refractivity contribution < 1.29 is 4.39 Å². The number of halogens is 1. The van der Waals surface area contributed by atoms with Gasteiger partial charge in [0.2, 0.25) is 0 Å². The molecule has 2 rings (SSSR count). The highest BCUT2D eigenvalue weighted by atomic mass is 32.2. The molecule has 0 radical (unpaired) electrons. The first-order valence-corrected chi connectivity index (χ1v) is 7.86. The lowest BCUT2D eigenvalue weighted by molar-refractivity contribution is 0.527. The van der Waals surface area contributed by atoms with Gasteiger partial charge in [-0.3, -0.25) is 4.68 Å². The van der Waals surface area contributed by atoms with Gasteiger partial charge in [0.15, 0.2) is 0 Å². The Labute approximate surface area is 123 Å². The van der Waals surface area contributed by atoms with E-state index in [0.29, 0.717) is 0 Å². The van der Waals surface area contributed by atoms with Crippen LogP contribution in [0, 0.1) is 5.82 Å². The van der Waals surface area contributed by atoms with Crippen molar-refractivity contribution in [1.82, 2.24) is 15.1 Å². The number of aryl methyl sites for hydroxylation is 1. The van der Waals surface area contributed by atoms with Gasteiger partial charge in [0.1, 0.15) is 5.82 Å². The first-order chi connectivity index (χ1) is 9.74. The fourth-order valence-corrected chi connectivity index (χ4v) is 3.09. The van der Waals surface area contributed by atoms with Gasteiger partial charge >= 0.3 is 0 Å². The molecule has 0 aliphatic heterocycles. The normalized spacial score (nSPS) is 12.6. The molecule has 0 aliphatic rings. The Morgan fingerprint density at radius 2 is 2.00 bits per heavy atom. The summed E-state index contributed by atoms with van der Waals surface area (Å²) in [5.74, 6) is 0.701. The van der Waals surface area contributed by atoms with E-state index in [4.69, 9.17) is 0 Å². The lowest BCUT2D eigenvalue weighted by atomic mass is 10.2. The van der Waals surface area contributed by atoms with E-state index >= 15 is 0 Å². The van der Waals surface area contributed by atoms with E-state index in [1.165, 1.54) is 17.8 Å². The van der Waals surface area contributed by atoms with Crippen molar-refractivity contribution >= 4 is 11.8 Å². The largest absolute Gasteiger partial charge is 0.308 e. The van der Waals surface area contributed by atoms with Crippen LogP contribution in [0.2, 0.25) is 0 Å². The number of nitrogens with zero attached hydrogens (tertiary/aromatic N) is 2. The third kappa shape index (κ3) is 3.84. The third-order valence-electron chi connectivity index (χ3n) is 3.09. The summed E-state index contributed by atoms with van der Waals surface area (Å²) in [5, 5.41) is 7.81. The van der Waals surface area contributed by atoms with Gasteiger partial charge < -0.3 is 5.32 Å². The second kappa shape index (κ2) is 7.45. The zero-order chi connectivity index (χ0) is 14.4. The van der Waals surface area contributed by atoms with Crippen LogP contribution in [-0.4, -0.2) is 22.1 Å². The quantitative estimate of drug-likeness (QED) is 0.793. The molecular weight excluding hydrogens is 273 g/mol. The molecule has 5 heteroatoms. The minimum absolute atomic E-state index is 0.193. The molecule has 1 aromatic carbocycles. The first-order valence-electron chi connectivity index (χ1n) is 6.88. The van der Waals surface area contributed by atoms with Crippen LogP contribution in [0.5, 0.6) is 0 Å². The molecule has 20 heavy (non-hydrogen) atoms. The molecule has 0 spiro atoms. The highest BCUT2D eigenvalue weighted by molar-refractivity contribution is 7.99. The Kier molecular flexibility index (Phi) is 5.61. The van der Waals surface area contributed by atoms with Crippen LogP contribution in [0.4, 0.5) is 4.39 Å². The smallest absolute Gasteiger partial charge is 0.123 e. The predicted octanol–water partition coefficient (Wildman–Crippen LogP) is 3.49. The average molecular weight is 293 g/mol. The van der Waals surface area contributed by atoms with E-state index in [2.05, 4.69) is 30.3 Å². The van der Waals surface area contributed by atoms with E-state index < -0.39 is 0 Å².